The Balaban J connectivity index is 2.15. The van der Waals surface area contributed by atoms with Crippen molar-refractivity contribution in [2.45, 2.75) is 32.3 Å². The maximum Gasteiger partial charge on any atom is 0.113 e. The molecule has 1 aliphatic heterocycles. The fourth-order valence-electron chi connectivity index (χ4n) is 1.96. The maximum absolute atomic E-state index is 5.52. The predicted molar refractivity (Wildman–Crippen MR) is 50.0 cm³/mol. The van der Waals surface area contributed by atoms with Crippen LogP contribution in [-0.4, -0.2) is 12.2 Å². The second kappa shape index (κ2) is 2.46. The molecule has 1 saturated heterocycles. The lowest BCUT2D eigenvalue weighted by Crippen LogP contribution is -2.23. The lowest BCUT2D eigenvalue weighted by Gasteiger charge is -2.26. The van der Waals surface area contributed by atoms with Crippen molar-refractivity contribution in [1.29, 1.82) is 0 Å². The number of ether oxygens (including phenoxy) is 1. The van der Waals surface area contributed by atoms with E-state index in [0.717, 1.165) is 19.4 Å². The first-order chi connectivity index (χ1) is 5.64. The Hall–Kier alpha value is -0.560. The van der Waals surface area contributed by atoms with E-state index >= 15 is 0 Å². The van der Waals surface area contributed by atoms with Crippen LogP contribution in [0.1, 0.15) is 26.7 Å². The summed E-state index contributed by atoms with van der Waals surface area (Å²) in [6, 6.07) is 0. The second-order valence-electron chi connectivity index (χ2n) is 4.15. The summed E-state index contributed by atoms with van der Waals surface area (Å²) in [5.74, 6) is 0.649. The number of allylic oxidation sites excluding steroid dienone is 2. The summed E-state index contributed by atoms with van der Waals surface area (Å²) in [6.07, 6.45) is 4.63. The van der Waals surface area contributed by atoms with Crippen molar-refractivity contribution in [2.24, 2.45) is 5.92 Å². The Morgan fingerprint density at radius 2 is 2.42 bits per heavy atom. The van der Waals surface area contributed by atoms with Crippen LogP contribution >= 0.6 is 0 Å². The third kappa shape index (κ3) is 1.13. The third-order valence-corrected chi connectivity index (χ3v) is 3.19. The SMILES string of the molecule is C=C(C)C1CC=C(C)C2(CO2)C1. The van der Waals surface area contributed by atoms with E-state index in [4.69, 9.17) is 4.74 Å². The summed E-state index contributed by atoms with van der Waals surface area (Å²) in [5.41, 5.74) is 2.87. The van der Waals surface area contributed by atoms with Gasteiger partial charge in [0.25, 0.3) is 0 Å². The largest absolute Gasteiger partial charge is 0.365 e. The first kappa shape index (κ1) is 8.06. The molecule has 2 rings (SSSR count). The average Bonchev–Trinajstić information content (AvgIpc) is 2.76. The summed E-state index contributed by atoms with van der Waals surface area (Å²) in [4.78, 5) is 0. The molecule has 0 amide bonds. The van der Waals surface area contributed by atoms with E-state index in [9.17, 15) is 0 Å². The van der Waals surface area contributed by atoms with Gasteiger partial charge in [0.05, 0.1) is 6.61 Å². The zero-order valence-corrected chi connectivity index (χ0v) is 7.89. The van der Waals surface area contributed by atoms with Gasteiger partial charge in [-0.05, 0) is 38.2 Å². The summed E-state index contributed by atoms with van der Waals surface area (Å²) in [7, 11) is 0. The minimum Gasteiger partial charge on any atom is -0.365 e. The van der Waals surface area contributed by atoms with Crippen molar-refractivity contribution in [1.82, 2.24) is 0 Å². The maximum atomic E-state index is 5.52. The Bertz CT molecular complexity index is 246. The second-order valence-corrected chi connectivity index (χ2v) is 4.15. The standard InChI is InChI=1S/C11H16O/c1-8(2)10-5-4-9(3)11(6-10)7-12-11/h4,10H,1,5-7H2,2-3H3. The smallest absolute Gasteiger partial charge is 0.113 e. The molecule has 2 unspecified atom stereocenters. The van der Waals surface area contributed by atoms with Gasteiger partial charge in [0, 0.05) is 0 Å². The van der Waals surface area contributed by atoms with E-state index in [1.165, 1.54) is 11.1 Å². The minimum absolute atomic E-state index is 0.141. The highest BCUT2D eigenvalue weighted by Gasteiger charge is 2.49. The van der Waals surface area contributed by atoms with E-state index in [0.29, 0.717) is 5.92 Å². The third-order valence-electron chi connectivity index (χ3n) is 3.19. The first-order valence-corrected chi connectivity index (χ1v) is 4.61. The molecule has 1 aliphatic carbocycles. The van der Waals surface area contributed by atoms with Gasteiger partial charge in [-0.15, -0.1) is 0 Å². The molecule has 12 heavy (non-hydrogen) atoms. The van der Waals surface area contributed by atoms with Crippen LogP contribution in [0, 0.1) is 5.92 Å². The topological polar surface area (TPSA) is 12.5 Å². The minimum atomic E-state index is 0.141. The molecule has 2 atom stereocenters. The van der Waals surface area contributed by atoms with Gasteiger partial charge in [-0.3, -0.25) is 0 Å². The van der Waals surface area contributed by atoms with Crippen LogP contribution in [-0.2, 0) is 4.74 Å². The molecular formula is C11H16O. The Kier molecular flexibility index (Phi) is 1.65. The van der Waals surface area contributed by atoms with Crippen LogP contribution in [0.15, 0.2) is 23.8 Å². The molecule has 0 bridgehead atoms. The molecule has 1 fully saturated rings. The van der Waals surface area contributed by atoms with Crippen LogP contribution in [0.5, 0.6) is 0 Å². The van der Waals surface area contributed by atoms with Crippen molar-refractivity contribution in [3.05, 3.63) is 23.8 Å². The van der Waals surface area contributed by atoms with Gasteiger partial charge >= 0.3 is 0 Å². The molecule has 0 saturated carbocycles. The van der Waals surface area contributed by atoms with Gasteiger partial charge in [-0.25, -0.2) is 0 Å². The number of hydrogen-bond acceptors (Lipinski definition) is 1. The Labute approximate surface area is 74.1 Å². The zero-order chi connectivity index (χ0) is 8.77. The molecule has 0 radical (unpaired) electrons. The monoisotopic (exact) mass is 164 g/mol. The van der Waals surface area contributed by atoms with Crippen molar-refractivity contribution >= 4 is 0 Å². The van der Waals surface area contributed by atoms with Crippen LogP contribution in [0.25, 0.3) is 0 Å². The molecule has 0 aromatic carbocycles. The highest BCUT2D eigenvalue weighted by atomic mass is 16.6. The molecule has 66 valence electrons. The highest BCUT2D eigenvalue weighted by Crippen LogP contribution is 2.46. The van der Waals surface area contributed by atoms with Crippen molar-refractivity contribution in [2.75, 3.05) is 6.61 Å². The fraction of sp³-hybridized carbons (Fsp3) is 0.636. The van der Waals surface area contributed by atoms with Gasteiger partial charge in [0.15, 0.2) is 0 Å². The van der Waals surface area contributed by atoms with Gasteiger partial charge in [0.1, 0.15) is 5.60 Å². The van der Waals surface area contributed by atoms with E-state index in [1.807, 2.05) is 0 Å². The average molecular weight is 164 g/mol. The van der Waals surface area contributed by atoms with Gasteiger partial charge in [0.2, 0.25) is 0 Å². The molecule has 1 spiro atoms. The normalized spacial score (nSPS) is 39.5. The number of rotatable bonds is 1. The molecule has 1 heterocycles. The van der Waals surface area contributed by atoms with Crippen molar-refractivity contribution < 1.29 is 4.74 Å². The van der Waals surface area contributed by atoms with Gasteiger partial charge in [-0.1, -0.05) is 18.2 Å². The molecule has 1 nitrogen and oxygen atoms in total. The number of hydrogen-bond donors (Lipinski definition) is 0. The molecular weight excluding hydrogens is 148 g/mol. The van der Waals surface area contributed by atoms with E-state index < -0.39 is 0 Å². The summed E-state index contributed by atoms with van der Waals surface area (Å²) in [5, 5.41) is 0. The molecule has 0 aromatic rings. The fourth-order valence-corrected chi connectivity index (χ4v) is 1.96. The van der Waals surface area contributed by atoms with Gasteiger partial charge < -0.3 is 4.74 Å². The first-order valence-electron chi connectivity index (χ1n) is 4.61. The van der Waals surface area contributed by atoms with E-state index in [2.05, 4.69) is 26.5 Å². The summed E-state index contributed by atoms with van der Waals surface area (Å²) in [6.45, 7) is 9.24. The molecule has 0 aromatic heterocycles. The van der Waals surface area contributed by atoms with Crippen LogP contribution in [0.4, 0.5) is 0 Å². The van der Waals surface area contributed by atoms with Gasteiger partial charge in [-0.2, -0.15) is 0 Å². The Morgan fingerprint density at radius 1 is 1.75 bits per heavy atom. The lowest BCUT2D eigenvalue weighted by atomic mass is 9.79. The van der Waals surface area contributed by atoms with E-state index in [-0.39, 0.29) is 5.60 Å². The van der Waals surface area contributed by atoms with Crippen LogP contribution in [0.3, 0.4) is 0 Å². The predicted octanol–water partition coefficient (Wildman–Crippen LogP) is 2.69. The molecule has 2 aliphatic rings. The van der Waals surface area contributed by atoms with Crippen molar-refractivity contribution in [3.8, 4) is 0 Å². The van der Waals surface area contributed by atoms with Crippen LogP contribution in [0.2, 0.25) is 0 Å². The van der Waals surface area contributed by atoms with E-state index in [1.54, 1.807) is 0 Å². The molecule has 0 N–H and O–H groups in total. The van der Waals surface area contributed by atoms with Crippen LogP contribution < -0.4 is 0 Å². The summed E-state index contributed by atoms with van der Waals surface area (Å²) >= 11 is 0. The zero-order valence-electron chi connectivity index (χ0n) is 7.89. The molecule has 1 heteroatoms. The lowest BCUT2D eigenvalue weighted by molar-refractivity contribution is 0.285. The number of epoxide rings is 1. The van der Waals surface area contributed by atoms with Crippen molar-refractivity contribution in [3.63, 3.8) is 0 Å². The Morgan fingerprint density at radius 3 is 2.92 bits per heavy atom. The summed E-state index contributed by atoms with van der Waals surface area (Å²) < 4.78 is 5.52. The highest BCUT2D eigenvalue weighted by molar-refractivity contribution is 5.27. The quantitative estimate of drug-likeness (QED) is 0.429.